The molecule has 2 aliphatic rings. The molecule has 0 amide bonds. The number of benzene rings is 1. The van der Waals surface area contributed by atoms with Crippen molar-refractivity contribution in [1.29, 1.82) is 0 Å². The molecule has 0 unspecified atom stereocenters. The summed E-state index contributed by atoms with van der Waals surface area (Å²) in [5.74, 6) is 0.0570. The van der Waals surface area contributed by atoms with Crippen molar-refractivity contribution in [2.24, 2.45) is 16.7 Å². The zero-order valence-electron chi connectivity index (χ0n) is 17.4. The quantitative estimate of drug-likeness (QED) is 0.667. The van der Waals surface area contributed by atoms with Gasteiger partial charge in [0.25, 0.3) is 0 Å². The van der Waals surface area contributed by atoms with Crippen LogP contribution in [0.4, 0.5) is 5.69 Å². The van der Waals surface area contributed by atoms with Crippen LogP contribution in [0.2, 0.25) is 0 Å². The third kappa shape index (κ3) is 3.61. The number of nitrogens with one attached hydrogen (secondary N) is 1. The van der Waals surface area contributed by atoms with E-state index in [1.807, 2.05) is 13.8 Å². The summed E-state index contributed by atoms with van der Waals surface area (Å²) in [4.78, 5) is 12.7. The fraction of sp³-hybridized carbons (Fsp3) is 0.650. The molecule has 2 saturated carbocycles. The number of rotatable bonds is 8. The number of hydrogen-bond donors (Lipinski definition) is 1. The molecule has 1 aromatic rings. The molecule has 2 fully saturated rings. The van der Waals surface area contributed by atoms with Crippen LogP contribution in [0.3, 0.4) is 0 Å². The van der Waals surface area contributed by atoms with Gasteiger partial charge in [0.05, 0.1) is 16.1 Å². The third-order valence-corrected chi connectivity index (χ3v) is 10.5. The Morgan fingerprint density at radius 3 is 2.10 bits per heavy atom. The van der Waals surface area contributed by atoms with Crippen LogP contribution < -0.4 is 4.72 Å². The first-order valence-electron chi connectivity index (χ1n) is 10.0. The maximum Gasteiger partial charge on any atom is 0.243 e. The summed E-state index contributed by atoms with van der Waals surface area (Å²) in [6.07, 6.45) is 1.94. The van der Waals surface area contributed by atoms with Crippen LogP contribution >= 0.6 is 0 Å². The van der Waals surface area contributed by atoms with Crippen LogP contribution in [-0.2, 0) is 24.8 Å². The van der Waals surface area contributed by atoms with E-state index in [1.54, 1.807) is 13.8 Å². The zero-order valence-corrected chi connectivity index (χ0v) is 19.1. The van der Waals surface area contributed by atoms with Gasteiger partial charge in [-0.2, -0.15) is 4.31 Å². The Morgan fingerprint density at radius 1 is 1.07 bits per heavy atom. The van der Waals surface area contributed by atoms with Crippen LogP contribution in [0, 0.1) is 16.7 Å². The molecule has 3 rings (SSSR count). The number of nitrogens with zero attached hydrogens (tertiary/aromatic N) is 1. The first kappa shape index (κ1) is 22.2. The SMILES string of the molecule is CCN(CC)S(=O)(=O)c1ccc(NS(=O)(=O)C[C@@]23CC[C@H](CC2=O)C3(C)C)cc1. The van der Waals surface area contributed by atoms with Gasteiger partial charge in [-0.3, -0.25) is 9.52 Å². The van der Waals surface area contributed by atoms with E-state index in [0.717, 1.165) is 6.42 Å². The van der Waals surface area contributed by atoms with Crippen molar-refractivity contribution in [1.82, 2.24) is 4.31 Å². The van der Waals surface area contributed by atoms with E-state index in [4.69, 9.17) is 0 Å². The van der Waals surface area contributed by atoms with Gasteiger partial charge >= 0.3 is 0 Å². The second kappa shape index (κ2) is 7.35. The molecular formula is C20H30N2O5S2. The van der Waals surface area contributed by atoms with Crippen LogP contribution in [-0.4, -0.2) is 45.8 Å². The van der Waals surface area contributed by atoms with Crippen LogP contribution in [0.15, 0.2) is 29.2 Å². The fourth-order valence-corrected chi connectivity index (χ4v) is 8.41. The van der Waals surface area contributed by atoms with Gasteiger partial charge in [-0.25, -0.2) is 16.8 Å². The van der Waals surface area contributed by atoms with Gasteiger partial charge in [-0.1, -0.05) is 27.7 Å². The molecule has 0 aromatic heterocycles. The van der Waals surface area contributed by atoms with Crippen molar-refractivity contribution in [3.8, 4) is 0 Å². The van der Waals surface area contributed by atoms with Crippen LogP contribution in [0.25, 0.3) is 0 Å². The Morgan fingerprint density at radius 2 is 1.66 bits per heavy atom. The topological polar surface area (TPSA) is 101 Å². The van der Waals surface area contributed by atoms with Gasteiger partial charge in [-0.15, -0.1) is 0 Å². The Balaban J connectivity index is 1.79. The molecule has 7 nitrogen and oxygen atoms in total. The molecule has 0 aliphatic heterocycles. The number of anilines is 1. The second-order valence-corrected chi connectivity index (χ2v) is 12.3. The molecule has 2 aliphatic carbocycles. The summed E-state index contributed by atoms with van der Waals surface area (Å²) >= 11 is 0. The molecule has 162 valence electrons. The summed E-state index contributed by atoms with van der Waals surface area (Å²) in [5.41, 5.74) is -0.881. The first-order valence-corrected chi connectivity index (χ1v) is 13.1. The maximum absolute atomic E-state index is 12.9. The van der Waals surface area contributed by atoms with Crippen molar-refractivity contribution in [3.63, 3.8) is 0 Å². The lowest BCUT2D eigenvalue weighted by molar-refractivity contribution is -0.128. The number of carbonyl (C=O) groups is 1. The highest BCUT2D eigenvalue weighted by molar-refractivity contribution is 7.92. The maximum atomic E-state index is 12.9. The molecule has 2 atom stereocenters. The Kier molecular flexibility index (Phi) is 5.64. The molecule has 2 bridgehead atoms. The van der Waals surface area contributed by atoms with Crippen molar-refractivity contribution < 1.29 is 21.6 Å². The minimum absolute atomic E-state index is 0.0461. The highest BCUT2D eigenvalue weighted by Crippen LogP contribution is 2.64. The molecular weight excluding hydrogens is 412 g/mol. The number of carbonyl (C=O) groups excluding carboxylic acids is 1. The Bertz CT molecular complexity index is 996. The molecule has 1 N–H and O–H groups in total. The van der Waals surface area contributed by atoms with Gasteiger partial charge in [0.15, 0.2) is 0 Å². The van der Waals surface area contributed by atoms with Crippen LogP contribution in [0.1, 0.15) is 47.0 Å². The number of ketones is 1. The van der Waals surface area contributed by atoms with Crippen LogP contribution in [0.5, 0.6) is 0 Å². The first-order chi connectivity index (χ1) is 13.4. The van der Waals surface area contributed by atoms with E-state index >= 15 is 0 Å². The standard InChI is InChI=1S/C20H30N2O5S2/c1-5-22(6-2)29(26,27)17-9-7-16(8-10-17)21-28(24,25)14-20-12-11-15(13-18(20)23)19(20,3)4/h7-10,15,21H,5-6,11-14H2,1-4H3/t15-,20+/m1/s1. The van der Waals surface area contributed by atoms with Gasteiger partial charge < -0.3 is 0 Å². The summed E-state index contributed by atoms with van der Waals surface area (Å²) in [5, 5.41) is 0. The third-order valence-electron chi connectivity index (χ3n) is 7.05. The minimum Gasteiger partial charge on any atom is -0.299 e. The van der Waals surface area contributed by atoms with Crippen molar-refractivity contribution in [2.75, 3.05) is 23.6 Å². The van der Waals surface area contributed by atoms with E-state index in [2.05, 4.69) is 4.72 Å². The van der Waals surface area contributed by atoms with Gasteiger partial charge in [0, 0.05) is 25.2 Å². The summed E-state index contributed by atoms with van der Waals surface area (Å²) in [7, 11) is -7.37. The molecule has 0 spiro atoms. The highest BCUT2D eigenvalue weighted by atomic mass is 32.2. The molecule has 0 heterocycles. The van der Waals surface area contributed by atoms with E-state index in [0.29, 0.717) is 25.9 Å². The average molecular weight is 443 g/mol. The predicted molar refractivity (Wildman–Crippen MR) is 113 cm³/mol. The largest absolute Gasteiger partial charge is 0.299 e. The molecule has 1 aromatic carbocycles. The zero-order chi connectivity index (χ0) is 21.7. The van der Waals surface area contributed by atoms with Crippen molar-refractivity contribution in [3.05, 3.63) is 24.3 Å². The average Bonchev–Trinajstić information content (AvgIpc) is 2.96. The van der Waals surface area contributed by atoms with E-state index in [-0.39, 0.29) is 33.5 Å². The van der Waals surface area contributed by atoms with E-state index in [1.165, 1.54) is 28.6 Å². The molecule has 0 saturated heterocycles. The molecule has 9 heteroatoms. The van der Waals surface area contributed by atoms with Gasteiger partial charge in [0.2, 0.25) is 20.0 Å². The second-order valence-electron chi connectivity index (χ2n) is 8.64. The summed E-state index contributed by atoms with van der Waals surface area (Å²) in [6.45, 7) is 8.25. The minimum atomic E-state index is -3.77. The lowest BCUT2D eigenvalue weighted by Gasteiger charge is -2.36. The van der Waals surface area contributed by atoms with Gasteiger partial charge in [-0.05, 0) is 48.4 Å². The predicted octanol–water partition coefficient (Wildman–Crippen LogP) is 2.85. The fourth-order valence-electron chi connectivity index (χ4n) is 5.06. The Hall–Kier alpha value is -1.45. The van der Waals surface area contributed by atoms with Gasteiger partial charge in [0.1, 0.15) is 5.78 Å². The van der Waals surface area contributed by atoms with Crippen molar-refractivity contribution >= 4 is 31.5 Å². The smallest absolute Gasteiger partial charge is 0.243 e. The Labute approximate surface area is 174 Å². The number of Topliss-reactive ketones (excluding diaryl/α,β-unsaturated/α-hetero) is 1. The number of sulfonamides is 2. The number of hydrogen-bond acceptors (Lipinski definition) is 5. The molecule has 0 radical (unpaired) electrons. The normalized spacial score (nSPS) is 26.2. The lowest BCUT2D eigenvalue weighted by atomic mass is 9.70. The summed E-state index contributed by atoms with van der Waals surface area (Å²) in [6, 6.07) is 5.70. The monoisotopic (exact) mass is 442 g/mol. The number of fused-ring (bicyclic) bond motifs is 2. The van der Waals surface area contributed by atoms with Crippen molar-refractivity contribution in [2.45, 2.75) is 51.9 Å². The van der Waals surface area contributed by atoms with E-state index < -0.39 is 25.5 Å². The lowest BCUT2D eigenvalue weighted by Crippen LogP contribution is -2.43. The summed E-state index contributed by atoms with van der Waals surface area (Å²) < 4.78 is 54.7. The molecule has 29 heavy (non-hydrogen) atoms. The highest BCUT2D eigenvalue weighted by Gasteiger charge is 2.65. The van der Waals surface area contributed by atoms with E-state index in [9.17, 15) is 21.6 Å².